The number of rotatable bonds is 8. The van der Waals surface area contributed by atoms with Gasteiger partial charge in [0, 0.05) is 23.6 Å². The van der Waals surface area contributed by atoms with Crippen LogP contribution in [0.4, 0.5) is 5.69 Å². The van der Waals surface area contributed by atoms with Crippen molar-refractivity contribution in [1.29, 1.82) is 0 Å². The van der Waals surface area contributed by atoms with Crippen molar-refractivity contribution in [2.24, 2.45) is 5.41 Å². The van der Waals surface area contributed by atoms with E-state index in [2.05, 4.69) is 21.7 Å². The van der Waals surface area contributed by atoms with Crippen LogP contribution in [0.3, 0.4) is 0 Å². The number of nitrogens with one attached hydrogen (secondary N) is 3. The number of carbonyl (C=O) groups is 2. The van der Waals surface area contributed by atoms with E-state index in [1.807, 2.05) is 43.5 Å². The van der Waals surface area contributed by atoms with Crippen LogP contribution < -0.4 is 15.4 Å². The molecule has 2 amide bonds. The van der Waals surface area contributed by atoms with E-state index >= 15 is 0 Å². The molecule has 0 saturated heterocycles. The molecule has 0 atom stereocenters. The van der Waals surface area contributed by atoms with Crippen LogP contribution in [-0.4, -0.2) is 29.9 Å². The van der Waals surface area contributed by atoms with E-state index in [9.17, 15) is 9.59 Å². The minimum absolute atomic E-state index is 0.316. The number of aromatic amines is 1. The van der Waals surface area contributed by atoms with Gasteiger partial charge in [-0.3, -0.25) is 9.59 Å². The average molecular weight is 393 g/mol. The molecule has 0 aliphatic carbocycles. The van der Waals surface area contributed by atoms with Crippen molar-refractivity contribution < 1.29 is 14.3 Å². The quantitative estimate of drug-likeness (QED) is 0.508. The molecular formula is C23H27N3O3. The molecule has 3 N–H and O–H groups in total. The molecule has 0 unspecified atom stereocenters. The largest absolute Gasteiger partial charge is 0.492 e. The van der Waals surface area contributed by atoms with Crippen LogP contribution in [0.5, 0.6) is 5.75 Å². The van der Waals surface area contributed by atoms with Gasteiger partial charge in [0.1, 0.15) is 11.2 Å². The normalized spacial score (nSPS) is 11.3. The molecule has 1 aromatic heterocycles. The Morgan fingerprint density at radius 3 is 2.55 bits per heavy atom. The van der Waals surface area contributed by atoms with Crippen LogP contribution in [0.1, 0.15) is 26.3 Å². The molecular weight excluding hydrogens is 366 g/mol. The predicted octanol–water partition coefficient (Wildman–Crippen LogP) is 3.89. The van der Waals surface area contributed by atoms with Gasteiger partial charge in [0.2, 0.25) is 11.8 Å². The molecule has 2 aromatic carbocycles. The number of amides is 2. The number of ether oxygens (including phenoxy) is 1. The summed E-state index contributed by atoms with van der Waals surface area (Å²) in [6, 6.07) is 15.2. The van der Waals surface area contributed by atoms with Gasteiger partial charge in [0.05, 0.1) is 12.3 Å². The van der Waals surface area contributed by atoms with Crippen molar-refractivity contribution in [1.82, 2.24) is 10.3 Å². The van der Waals surface area contributed by atoms with Crippen molar-refractivity contribution in [3.8, 4) is 5.75 Å². The highest BCUT2D eigenvalue weighted by atomic mass is 16.5. The maximum absolute atomic E-state index is 12.8. The summed E-state index contributed by atoms with van der Waals surface area (Å²) in [6.07, 6.45) is 2.64. The minimum Gasteiger partial charge on any atom is -0.492 e. The summed E-state index contributed by atoms with van der Waals surface area (Å²) >= 11 is 0. The van der Waals surface area contributed by atoms with Crippen molar-refractivity contribution in [2.45, 2.75) is 27.2 Å². The Hall–Kier alpha value is -3.28. The summed E-state index contributed by atoms with van der Waals surface area (Å²) < 4.78 is 5.53. The SMILES string of the molecule is CCOc1ccccc1NC(=O)C(C)(C)C(=O)NCCc1c[nH]c2ccccc12. The Balaban J connectivity index is 1.59. The Morgan fingerprint density at radius 2 is 1.76 bits per heavy atom. The van der Waals surface area contributed by atoms with E-state index in [0.717, 1.165) is 16.5 Å². The van der Waals surface area contributed by atoms with Gasteiger partial charge >= 0.3 is 0 Å². The molecule has 0 aliphatic heterocycles. The monoisotopic (exact) mass is 393 g/mol. The Bertz CT molecular complexity index is 1010. The van der Waals surface area contributed by atoms with Crippen LogP contribution in [0.15, 0.2) is 54.7 Å². The molecule has 3 rings (SSSR count). The number of hydrogen-bond donors (Lipinski definition) is 3. The molecule has 6 heteroatoms. The van der Waals surface area contributed by atoms with Crippen LogP contribution in [0, 0.1) is 5.41 Å². The second-order valence-electron chi connectivity index (χ2n) is 7.37. The number of anilines is 1. The third-order valence-electron chi connectivity index (χ3n) is 4.93. The number of fused-ring (bicyclic) bond motifs is 1. The third kappa shape index (κ3) is 4.59. The summed E-state index contributed by atoms with van der Waals surface area (Å²) in [7, 11) is 0. The fourth-order valence-electron chi connectivity index (χ4n) is 3.10. The summed E-state index contributed by atoms with van der Waals surface area (Å²) in [6.45, 7) is 6.06. The highest BCUT2D eigenvalue weighted by Crippen LogP contribution is 2.26. The van der Waals surface area contributed by atoms with E-state index < -0.39 is 5.41 Å². The van der Waals surface area contributed by atoms with Gasteiger partial charge < -0.3 is 20.4 Å². The van der Waals surface area contributed by atoms with Crippen molar-refractivity contribution in [3.63, 3.8) is 0 Å². The van der Waals surface area contributed by atoms with Crippen molar-refractivity contribution in [2.75, 3.05) is 18.5 Å². The van der Waals surface area contributed by atoms with Gasteiger partial charge in [-0.25, -0.2) is 0 Å². The van der Waals surface area contributed by atoms with E-state index in [0.29, 0.717) is 31.0 Å². The van der Waals surface area contributed by atoms with Gasteiger partial charge in [0.25, 0.3) is 0 Å². The van der Waals surface area contributed by atoms with Gasteiger partial charge in [0.15, 0.2) is 0 Å². The number of aromatic nitrogens is 1. The lowest BCUT2D eigenvalue weighted by Crippen LogP contribution is -2.45. The zero-order valence-corrected chi connectivity index (χ0v) is 17.0. The lowest BCUT2D eigenvalue weighted by atomic mass is 9.90. The average Bonchev–Trinajstić information content (AvgIpc) is 3.12. The summed E-state index contributed by atoms with van der Waals surface area (Å²) in [5.74, 6) is -0.114. The first-order valence-electron chi connectivity index (χ1n) is 9.80. The first-order valence-corrected chi connectivity index (χ1v) is 9.80. The first-order chi connectivity index (χ1) is 13.9. The number of para-hydroxylation sites is 3. The Labute approximate surface area is 170 Å². The van der Waals surface area contributed by atoms with Crippen molar-refractivity contribution in [3.05, 3.63) is 60.3 Å². The lowest BCUT2D eigenvalue weighted by Gasteiger charge is -2.23. The zero-order valence-electron chi connectivity index (χ0n) is 17.0. The molecule has 152 valence electrons. The topological polar surface area (TPSA) is 83.2 Å². The fraction of sp³-hybridized carbons (Fsp3) is 0.304. The Kier molecular flexibility index (Phi) is 6.22. The minimum atomic E-state index is -1.22. The second kappa shape index (κ2) is 8.82. The molecule has 0 saturated carbocycles. The molecule has 6 nitrogen and oxygen atoms in total. The maximum Gasteiger partial charge on any atom is 0.239 e. The molecule has 0 spiro atoms. The predicted molar refractivity (Wildman–Crippen MR) is 115 cm³/mol. The van der Waals surface area contributed by atoms with Gasteiger partial charge in [-0.05, 0) is 51.0 Å². The van der Waals surface area contributed by atoms with E-state index in [1.165, 1.54) is 0 Å². The van der Waals surface area contributed by atoms with Crippen molar-refractivity contribution >= 4 is 28.4 Å². The standard InChI is InChI=1S/C23H27N3O3/c1-4-29-20-12-8-7-11-19(20)26-22(28)23(2,3)21(27)24-14-13-16-15-25-18-10-6-5-9-17(16)18/h5-12,15,25H,4,13-14H2,1-3H3,(H,24,27)(H,26,28). The number of H-pyrrole nitrogens is 1. The number of hydrogen-bond acceptors (Lipinski definition) is 3. The molecule has 0 radical (unpaired) electrons. The van der Waals surface area contributed by atoms with Gasteiger partial charge in [-0.2, -0.15) is 0 Å². The molecule has 1 heterocycles. The van der Waals surface area contributed by atoms with Gasteiger partial charge in [-0.15, -0.1) is 0 Å². The van der Waals surface area contributed by atoms with E-state index in [4.69, 9.17) is 4.74 Å². The second-order valence-corrected chi connectivity index (χ2v) is 7.37. The van der Waals surface area contributed by atoms with Crippen LogP contribution in [0.25, 0.3) is 10.9 Å². The third-order valence-corrected chi connectivity index (χ3v) is 4.93. The molecule has 29 heavy (non-hydrogen) atoms. The number of benzene rings is 2. The molecule has 0 bridgehead atoms. The Morgan fingerprint density at radius 1 is 1.03 bits per heavy atom. The highest BCUT2D eigenvalue weighted by Gasteiger charge is 2.36. The lowest BCUT2D eigenvalue weighted by molar-refractivity contribution is -0.138. The van der Waals surface area contributed by atoms with Crippen LogP contribution in [-0.2, 0) is 16.0 Å². The highest BCUT2D eigenvalue weighted by molar-refractivity contribution is 6.10. The summed E-state index contributed by atoms with van der Waals surface area (Å²) in [5.41, 5.74) is 1.54. The molecule has 3 aromatic rings. The summed E-state index contributed by atoms with van der Waals surface area (Å²) in [4.78, 5) is 28.7. The van der Waals surface area contributed by atoms with Crippen LogP contribution >= 0.6 is 0 Å². The maximum atomic E-state index is 12.8. The molecule has 0 aliphatic rings. The van der Waals surface area contributed by atoms with Gasteiger partial charge in [-0.1, -0.05) is 30.3 Å². The fourth-order valence-corrected chi connectivity index (χ4v) is 3.10. The first kappa shape index (κ1) is 20.5. The van der Waals surface area contributed by atoms with E-state index in [1.54, 1.807) is 26.0 Å². The smallest absolute Gasteiger partial charge is 0.239 e. The van der Waals surface area contributed by atoms with Crippen LogP contribution in [0.2, 0.25) is 0 Å². The zero-order chi connectivity index (χ0) is 20.9. The summed E-state index contributed by atoms with van der Waals surface area (Å²) in [5, 5.41) is 6.85. The van der Waals surface area contributed by atoms with E-state index in [-0.39, 0.29) is 11.8 Å². The molecule has 0 fully saturated rings. The number of carbonyl (C=O) groups excluding carboxylic acids is 2.